The smallest absolute Gasteiger partial charge is 0.223 e. The summed E-state index contributed by atoms with van der Waals surface area (Å²) in [6.45, 7) is 5.36. The van der Waals surface area contributed by atoms with Gasteiger partial charge in [-0.2, -0.15) is 9.97 Å². The lowest BCUT2D eigenvalue weighted by atomic mass is 9.93. The Bertz CT molecular complexity index is 417. The van der Waals surface area contributed by atoms with Crippen LogP contribution in [0, 0.1) is 0 Å². The molecule has 0 aromatic carbocycles. The zero-order chi connectivity index (χ0) is 13.2. The molecule has 6 heteroatoms. The molecule has 1 saturated heterocycles. The van der Waals surface area contributed by atoms with Crippen LogP contribution < -0.4 is 5.73 Å². The van der Waals surface area contributed by atoms with E-state index in [1.807, 2.05) is 13.8 Å². The van der Waals surface area contributed by atoms with Crippen LogP contribution in [0.25, 0.3) is 0 Å². The van der Waals surface area contributed by atoms with Gasteiger partial charge in [-0.05, 0) is 0 Å². The van der Waals surface area contributed by atoms with Crippen molar-refractivity contribution in [3.05, 3.63) is 11.6 Å². The summed E-state index contributed by atoms with van der Waals surface area (Å²) < 4.78 is 11.0. The highest BCUT2D eigenvalue weighted by Crippen LogP contribution is 2.33. The Morgan fingerprint density at radius 2 is 1.89 bits per heavy atom. The van der Waals surface area contributed by atoms with E-state index in [-0.39, 0.29) is 11.9 Å². The number of anilines is 1. The average Bonchev–Trinajstić information content (AvgIpc) is 2.38. The van der Waals surface area contributed by atoms with Gasteiger partial charge >= 0.3 is 0 Å². The third kappa shape index (κ3) is 2.44. The Morgan fingerprint density at radius 3 is 2.44 bits per heavy atom. The molecule has 0 aliphatic carbocycles. The van der Waals surface area contributed by atoms with Crippen molar-refractivity contribution < 1.29 is 9.47 Å². The van der Waals surface area contributed by atoms with Crippen LogP contribution >= 0.6 is 0 Å². The standard InChI is InChI=1S/C12H20N4O2/c1-8(2)9-14-10(16-11(13)15-9)12(17-3)4-6-18-7-5-12/h8H,4-7H2,1-3H3,(H2,13,14,15,16). The molecule has 0 amide bonds. The van der Waals surface area contributed by atoms with Crippen molar-refractivity contribution in [2.45, 2.75) is 38.2 Å². The van der Waals surface area contributed by atoms with Crippen molar-refractivity contribution in [3.8, 4) is 0 Å². The summed E-state index contributed by atoms with van der Waals surface area (Å²) in [6.07, 6.45) is 1.48. The zero-order valence-corrected chi connectivity index (χ0v) is 11.1. The third-order valence-corrected chi connectivity index (χ3v) is 3.29. The summed E-state index contributed by atoms with van der Waals surface area (Å²) in [7, 11) is 1.68. The monoisotopic (exact) mass is 252 g/mol. The first-order valence-electron chi connectivity index (χ1n) is 6.22. The van der Waals surface area contributed by atoms with Crippen molar-refractivity contribution in [1.29, 1.82) is 0 Å². The second-order valence-electron chi connectivity index (χ2n) is 4.84. The average molecular weight is 252 g/mol. The molecule has 2 N–H and O–H groups in total. The van der Waals surface area contributed by atoms with Crippen LogP contribution in [-0.4, -0.2) is 35.3 Å². The SMILES string of the molecule is COC1(c2nc(N)nc(C(C)C)n2)CCOCC1. The molecule has 1 aliphatic heterocycles. The van der Waals surface area contributed by atoms with E-state index in [1.54, 1.807) is 7.11 Å². The van der Waals surface area contributed by atoms with E-state index in [0.717, 1.165) is 12.8 Å². The Balaban J connectivity index is 2.41. The molecule has 1 aliphatic rings. The Hall–Kier alpha value is -1.27. The molecule has 2 rings (SSSR count). The predicted molar refractivity (Wildman–Crippen MR) is 67.1 cm³/mol. The fourth-order valence-electron chi connectivity index (χ4n) is 2.09. The lowest BCUT2D eigenvalue weighted by Gasteiger charge is -2.34. The molecule has 0 atom stereocenters. The molecule has 0 spiro atoms. The van der Waals surface area contributed by atoms with E-state index in [2.05, 4.69) is 15.0 Å². The lowest BCUT2D eigenvalue weighted by molar-refractivity contribution is -0.100. The molecular formula is C12H20N4O2. The molecule has 0 bridgehead atoms. The highest BCUT2D eigenvalue weighted by molar-refractivity contribution is 5.20. The second kappa shape index (κ2) is 5.16. The predicted octanol–water partition coefficient (Wildman–Crippen LogP) is 1.23. The van der Waals surface area contributed by atoms with Crippen LogP contribution in [0.1, 0.15) is 44.3 Å². The van der Waals surface area contributed by atoms with Crippen LogP contribution in [0.4, 0.5) is 5.95 Å². The largest absolute Gasteiger partial charge is 0.381 e. The van der Waals surface area contributed by atoms with Crippen LogP contribution in [0.5, 0.6) is 0 Å². The van der Waals surface area contributed by atoms with E-state index in [0.29, 0.717) is 24.9 Å². The van der Waals surface area contributed by atoms with E-state index >= 15 is 0 Å². The number of aromatic nitrogens is 3. The second-order valence-corrected chi connectivity index (χ2v) is 4.84. The molecule has 0 saturated carbocycles. The number of nitrogens with zero attached hydrogens (tertiary/aromatic N) is 3. The van der Waals surface area contributed by atoms with Gasteiger partial charge in [-0.25, -0.2) is 4.98 Å². The van der Waals surface area contributed by atoms with Crippen molar-refractivity contribution >= 4 is 5.95 Å². The van der Waals surface area contributed by atoms with E-state index < -0.39 is 5.60 Å². The van der Waals surface area contributed by atoms with Crippen molar-refractivity contribution in [2.75, 3.05) is 26.1 Å². The van der Waals surface area contributed by atoms with Gasteiger partial charge in [0.15, 0.2) is 5.82 Å². The molecule has 1 aromatic heterocycles. The van der Waals surface area contributed by atoms with Gasteiger partial charge in [0, 0.05) is 39.1 Å². The molecular weight excluding hydrogens is 232 g/mol. The summed E-state index contributed by atoms with van der Waals surface area (Å²) in [5.74, 6) is 1.80. The molecule has 100 valence electrons. The Morgan fingerprint density at radius 1 is 1.22 bits per heavy atom. The lowest BCUT2D eigenvalue weighted by Crippen LogP contribution is -2.38. The van der Waals surface area contributed by atoms with Gasteiger partial charge in [0.05, 0.1) is 0 Å². The first kappa shape index (κ1) is 13.2. The van der Waals surface area contributed by atoms with Gasteiger partial charge in [0.2, 0.25) is 5.95 Å². The minimum Gasteiger partial charge on any atom is -0.381 e. The van der Waals surface area contributed by atoms with Gasteiger partial charge < -0.3 is 15.2 Å². The fourth-order valence-corrected chi connectivity index (χ4v) is 2.09. The van der Waals surface area contributed by atoms with Crippen LogP contribution in [0.3, 0.4) is 0 Å². The topological polar surface area (TPSA) is 83.2 Å². The highest BCUT2D eigenvalue weighted by Gasteiger charge is 2.38. The van der Waals surface area contributed by atoms with Crippen molar-refractivity contribution in [2.24, 2.45) is 0 Å². The highest BCUT2D eigenvalue weighted by atomic mass is 16.5. The fraction of sp³-hybridized carbons (Fsp3) is 0.750. The minimum absolute atomic E-state index is 0.211. The van der Waals surface area contributed by atoms with Gasteiger partial charge in [-0.1, -0.05) is 13.8 Å². The molecule has 6 nitrogen and oxygen atoms in total. The molecule has 1 fully saturated rings. The summed E-state index contributed by atoms with van der Waals surface area (Å²) in [4.78, 5) is 12.9. The summed E-state index contributed by atoms with van der Waals surface area (Å²) >= 11 is 0. The van der Waals surface area contributed by atoms with E-state index in [1.165, 1.54) is 0 Å². The van der Waals surface area contributed by atoms with Crippen molar-refractivity contribution in [1.82, 2.24) is 15.0 Å². The van der Waals surface area contributed by atoms with E-state index in [4.69, 9.17) is 15.2 Å². The van der Waals surface area contributed by atoms with Crippen molar-refractivity contribution in [3.63, 3.8) is 0 Å². The van der Waals surface area contributed by atoms with Gasteiger partial charge in [-0.15, -0.1) is 0 Å². The maximum absolute atomic E-state index is 5.77. The summed E-state index contributed by atoms with van der Waals surface area (Å²) in [5.41, 5.74) is 5.28. The quantitative estimate of drug-likeness (QED) is 0.871. The number of nitrogen functional groups attached to an aromatic ring is 1. The van der Waals surface area contributed by atoms with Gasteiger partial charge in [-0.3, -0.25) is 0 Å². The zero-order valence-electron chi connectivity index (χ0n) is 11.1. The summed E-state index contributed by atoms with van der Waals surface area (Å²) in [5, 5.41) is 0. The minimum atomic E-state index is -0.487. The molecule has 0 unspecified atom stereocenters. The molecule has 0 radical (unpaired) electrons. The number of hydrogen-bond donors (Lipinski definition) is 1. The maximum atomic E-state index is 5.77. The number of hydrogen-bond acceptors (Lipinski definition) is 6. The van der Waals surface area contributed by atoms with Gasteiger partial charge in [0.25, 0.3) is 0 Å². The van der Waals surface area contributed by atoms with Crippen LogP contribution in [0.2, 0.25) is 0 Å². The Labute approximate surface area is 107 Å². The number of rotatable bonds is 3. The first-order valence-corrected chi connectivity index (χ1v) is 6.22. The normalized spacial score (nSPS) is 19.1. The van der Waals surface area contributed by atoms with Crippen LogP contribution in [0.15, 0.2) is 0 Å². The number of nitrogens with two attached hydrogens (primary N) is 1. The van der Waals surface area contributed by atoms with Gasteiger partial charge in [0.1, 0.15) is 11.4 Å². The number of methoxy groups -OCH3 is 1. The Kier molecular flexibility index (Phi) is 3.77. The first-order chi connectivity index (χ1) is 8.57. The van der Waals surface area contributed by atoms with E-state index in [9.17, 15) is 0 Å². The molecule has 1 aromatic rings. The molecule has 2 heterocycles. The summed E-state index contributed by atoms with van der Waals surface area (Å²) in [6, 6.07) is 0. The van der Waals surface area contributed by atoms with Crippen LogP contribution in [-0.2, 0) is 15.1 Å². The number of ether oxygens (including phenoxy) is 2. The molecule has 18 heavy (non-hydrogen) atoms. The third-order valence-electron chi connectivity index (χ3n) is 3.29. The maximum Gasteiger partial charge on any atom is 0.223 e.